The summed E-state index contributed by atoms with van der Waals surface area (Å²) < 4.78 is 0. The van der Waals surface area contributed by atoms with Gasteiger partial charge in [-0.1, -0.05) is 29.8 Å². The first-order valence-corrected chi connectivity index (χ1v) is 6.06. The van der Waals surface area contributed by atoms with Crippen LogP contribution in [-0.2, 0) is 4.79 Å². The molecule has 5 heteroatoms. The number of rotatable bonds is 4. The molecule has 102 valence electrons. The molecule has 0 bridgehead atoms. The molecular formula is C14H19N3O2. The molecule has 19 heavy (non-hydrogen) atoms. The first kappa shape index (κ1) is 14.9. The second-order valence-corrected chi connectivity index (χ2v) is 4.15. The van der Waals surface area contributed by atoms with Crippen LogP contribution in [0.1, 0.15) is 18.1 Å². The van der Waals surface area contributed by atoms with Crippen molar-refractivity contribution < 1.29 is 9.59 Å². The molecule has 3 N–H and O–H groups in total. The van der Waals surface area contributed by atoms with Crippen LogP contribution in [0.15, 0.2) is 30.5 Å². The van der Waals surface area contributed by atoms with Crippen LogP contribution in [0.2, 0.25) is 0 Å². The minimum Gasteiger partial charge on any atom is -0.329 e. The third-order valence-electron chi connectivity index (χ3n) is 2.54. The number of hydrogen-bond donors (Lipinski definition) is 2. The summed E-state index contributed by atoms with van der Waals surface area (Å²) in [6.07, 6.45) is 3.28. The molecule has 0 aromatic heterocycles. The summed E-state index contributed by atoms with van der Waals surface area (Å²) in [4.78, 5) is 24.0. The van der Waals surface area contributed by atoms with Crippen LogP contribution in [0.5, 0.6) is 0 Å². The number of hydrogen-bond acceptors (Lipinski definition) is 3. The molecule has 0 aliphatic rings. The summed E-state index contributed by atoms with van der Waals surface area (Å²) in [5.41, 5.74) is 7.49. The minimum atomic E-state index is -0.471. The normalized spacial score (nSPS) is 10.5. The molecule has 3 amide bonds. The van der Waals surface area contributed by atoms with Crippen molar-refractivity contribution in [3.8, 4) is 0 Å². The number of urea groups is 1. The molecule has 5 nitrogen and oxygen atoms in total. The number of nitrogens with one attached hydrogen (secondary N) is 1. The van der Waals surface area contributed by atoms with Gasteiger partial charge in [0.25, 0.3) is 0 Å². The lowest BCUT2D eigenvalue weighted by Crippen LogP contribution is -2.43. The molecule has 1 rings (SSSR count). The Morgan fingerprint density at radius 3 is 2.47 bits per heavy atom. The molecular weight excluding hydrogens is 242 g/mol. The van der Waals surface area contributed by atoms with E-state index >= 15 is 0 Å². The fourth-order valence-electron chi connectivity index (χ4n) is 1.50. The van der Waals surface area contributed by atoms with E-state index < -0.39 is 6.03 Å². The average molecular weight is 261 g/mol. The maximum Gasteiger partial charge on any atom is 0.328 e. The maximum absolute atomic E-state index is 11.7. The number of aryl methyl sites for hydroxylation is 1. The van der Waals surface area contributed by atoms with Crippen molar-refractivity contribution in [2.45, 2.75) is 13.8 Å². The average Bonchev–Trinajstić information content (AvgIpc) is 2.37. The minimum absolute atomic E-state index is 0.208. The molecule has 0 radical (unpaired) electrons. The number of imide groups is 1. The predicted molar refractivity (Wildman–Crippen MR) is 75.2 cm³/mol. The van der Waals surface area contributed by atoms with Crippen molar-refractivity contribution in [2.75, 3.05) is 13.1 Å². The summed E-state index contributed by atoms with van der Waals surface area (Å²) in [5.74, 6) is -0.327. The van der Waals surface area contributed by atoms with E-state index in [4.69, 9.17) is 5.73 Å². The monoisotopic (exact) mass is 261 g/mol. The topological polar surface area (TPSA) is 75.4 Å². The van der Waals surface area contributed by atoms with Gasteiger partial charge in [-0.25, -0.2) is 4.79 Å². The Hall–Kier alpha value is -2.14. The molecule has 0 aliphatic heterocycles. The Morgan fingerprint density at radius 2 is 1.95 bits per heavy atom. The smallest absolute Gasteiger partial charge is 0.328 e. The Morgan fingerprint density at radius 1 is 1.32 bits per heavy atom. The summed E-state index contributed by atoms with van der Waals surface area (Å²) in [6.45, 7) is 3.79. The van der Waals surface area contributed by atoms with Crippen LogP contribution < -0.4 is 11.1 Å². The standard InChI is InChI=1S/C14H19N3O2/c1-11-3-5-13(6-4-11)7-9-16-14(19)17(10-8-15)12(2)18/h3-7,9H,8,10,15H2,1-2H3,(H,16,19)/b9-7+. The molecule has 0 fully saturated rings. The molecule has 0 atom stereocenters. The second-order valence-electron chi connectivity index (χ2n) is 4.15. The molecule has 1 aromatic rings. The van der Waals surface area contributed by atoms with E-state index in [2.05, 4.69) is 5.32 Å². The summed E-state index contributed by atoms with van der Waals surface area (Å²) in [6, 6.07) is 7.39. The fraction of sp³-hybridized carbons (Fsp3) is 0.286. The van der Waals surface area contributed by atoms with Crippen LogP contribution in [-0.4, -0.2) is 29.9 Å². The predicted octanol–water partition coefficient (Wildman–Crippen LogP) is 1.48. The highest BCUT2D eigenvalue weighted by molar-refractivity contribution is 5.93. The molecule has 0 saturated carbocycles. The van der Waals surface area contributed by atoms with Gasteiger partial charge < -0.3 is 11.1 Å². The first-order valence-electron chi connectivity index (χ1n) is 6.06. The van der Waals surface area contributed by atoms with Gasteiger partial charge in [-0.05, 0) is 18.6 Å². The zero-order valence-corrected chi connectivity index (χ0v) is 11.2. The lowest BCUT2D eigenvalue weighted by molar-refractivity contribution is -0.125. The van der Waals surface area contributed by atoms with Crippen molar-refractivity contribution in [2.24, 2.45) is 5.73 Å². The van der Waals surface area contributed by atoms with Gasteiger partial charge in [-0.3, -0.25) is 9.69 Å². The zero-order chi connectivity index (χ0) is 14.3. The van der Waals surface area contributed by atoms with Crippen molar-refractivity contribution in [3.05, 3.63) is 41.6 Å². The Labute approximate surface area is 113 Å². The fourth-order valence-corrected chi connectivity index (χ4v) is 1.50. The van der Waals surface area contributed by atoms with Gasteiger partial charge in [0.2, 0.25) is 5.91 Å². The van der Waals surface area contributed by atoms with Crippen molar-refractivity contribution >= 4 is 18.0 Å². The van der Waals surface area contributed by atoms with Gasteiger partial charge in [-0.15, -0.1) is 0 Å². The first-order chi connectivity index (χ1) is 9.04. The van der Waals surface area contributed by atoms with Gasteiger partial charge >= 0.3 is 6.03 Å². The van der Waals surface area contributed by atoms with Crippen molar-refractivity contribution in [1.82, 2.24) is 10.2 Å². The SMILES string of the molecule is CC(=O)N(CCN)C(=O)N/C=C/c1ccc(C)cc1. The van der Waals surface area contributed by atoms with Crippen LogP contribution in [0.3, 0.4) is 0 Å². The molecule has 0 spiro atoms. The quantitative estimate of drug-likeness (QED) is 0.862. The van der Waals surface area contributed by atoms with Crippen LogP contribution in [0.25, 0.3) is 6.08 Å². The third-order valence-corrected chi connectivity index (χ3v) is 2.54. The van der Waals surface area contributed by atoms with E-state index in [1.807, 2.05) is 31.2 Å². The van der Waals surface area contributed by atoms with Crippen molar-refractivity contribution in [3.63, 3.8) is 0 Å². The Bertz CT molecular complexity index is 466. The molecule has 0 saturated heterocycles. The highest BCUT2D eigenvalue weighted by Crippen LogP contribution is 2.04. The van der Waals surface area contributed by atoms with E-state index in [0.29, 0.717) is 0 Å². The molecule has 0 unspecified atom stereocenters. The van der Waals surface area contributed by atoms with Gasteiger partial charge in [0.15, 0.2) is 0 Å². The van der Waals surface area contributed by atoms with E-state index in [-0.39, 0.29) is 19.0 Å². The number of nitrogens with two attached hydrogens (primary N) is 1. The number of nitrogens with zero attached hydrogens (tertiary/aromatic N) is 1. The van der Waals surface area contributed by atoms with Crippen LogP contribution in [0.4, 0.5) is 4.79 Å². The molecule has 1 aromatic carbocycles. The van der Waals surface area contributed by atoms with Crippen LogP contribution in [0, 0.1) is 6.92 Å². The largest absolute Gasteiger partial charge is 0.329 e. The van der Waals surface area contributed by atoms with Gasteiger partial charge in [0, 0.05) is 26.2 Å². The third kappa shape index (κ3) is 4.93. The summed E-state index contributed by atoms with van der Waals surface area (Å²) in [7, 11) is 0. The Kier molecular flexibility index (Phi) is 5.75. The van der Waals surface area contributed by atoms with E-state index in [0.717, 1.165) is 10.5 Å². The van der Waals surface area contributed by atoms with E-state index in [9.17, 15) is 9.59 Å². The van der Waals surface area contributed by atoms with E-state index in [1.54, 1.807) is 6.08 Å². The number of amides is 3. The number of benzene rings is 1. The molecule has 0 aliphatic carbocycles. The lowest BCUT2D eigenvalue weighted by atomic mass is 10.1. The maximum atomic E-state index is 11.7. The highest BCUT2D eigenvalue weighted by atomic mass is 16.2. The second kappa shape index (κ2) is 7.33. The van der Waals surface area contributed by atoms with Gasteiger partial charge in [0.1, 0.15) is 0 Å². The van der Waals surface area contributed by atoms with Gasteiger partial charge in [-0.2, -0.15) is 0 Å². The number of carbonyl (C=O) groups is 2. The summed E-state index contributed by atoms with van der Waals surface area (Å²) in [5, 5.41) is 2.54. The lowest BCUT2D eigenvalue weighted by Gasteiger charge is -2.17. The van der Waals surface area contributed by atoms with E-state index in [1.165, 1.54) is 18.7 Å². The van der Waals surface area contributed by atoms with Crippen molar-refractivity contribution in [1.29, 1.82) is 0 Å². The number of carbonyl (C=O) groups excluding carboxylic acids is 2. The summed E-state index contributed by atoms with van der Waals surface area (Å²) >= 11 is 0. The Balaban J connectivity index is 2.57. The van der Waals surface area contributed by atoms with Crippen LogP contribution >= 0.6 is 0 Å². The highest BCUT2D eigenvalue weighted by Gasteiger charge is 2.15. The zero-order valence-electron chi connectivity index (χ0n) is 11.2. The molecule has 0 heterocycles. The van der Waals surface area contributed by atoms with Gasteiger partial charge in [0.05, 0.1) is 0 Å².